The smallest absolute Gasteiger partial charge is 0.223 e. The molecular formula is C18H20BrN3O2S. The first-order valence-corrected chi connectivity index (χ1v) is 9.56. The minimum Gasteiger partial charge on any atom is -0.386 e. The zero-order valence-corrected chi connectivity index (χ0v) is 16.4. The lowest BCUT2D eigenvalue weighted by Crippen LogP contribution is -2.25. The van der Waals surface area contributed by atoms with Gasteiger partial charge in [0.15, 0.2) is 11.0 Å². The van der Waals surface area contributed by atoms with Crippen molar-refractivity contribution in [2.75, 3.05) is 11.4 Å². The second-order valence-corrected chi connectivity index (χ2v) is 7.50. The van der Waals surface area contributed by atoms with Gasteiger partial charge in [-0.25, -0.2) is 4.21 Å². The largest absolute Gasteiger partial charge is 0.386 e. The van der Waals surface area contributed by atoms with E-state index in [0.717, 1.165) is 23.2 Å². The second-order valence-electron chi connectivity index (χ2n) is 5.52. The summed E-state index contributed by atoms with van der Waals surface area (Å²) in [5, 5.41) is 0. The quantitative estimate of drug-likeness (QED) is 0.434. The average molecular weight is 422 g/mol. The molecule has 1 aliphatic rings. The van der Waals surface area contributed by atoms with Crippen LogP contribution in [-0.4, -0.2) is 22.5 Å². The molecule has 2 rings (SSSR count). The van der Waals surface area contributed by atoms with Gasteiger partial charge in [0.1, 0.15) is 5.84 Å². The van der Waals surface area contributed by atoms with Crippen LogP contribution < -0.4 is 10.6 Å². The highest BCUT2D eigenvalue weighted by Crippen LogP contribution is 2.35. The van der Waals surface area contributed by atoms with Crippen molar-refractivity contribution in [1.29, 1.82) is 0 Å². The molecular weight excluding hydrogens is 402 g/mol. The Morgan fingerprint density at radius 1 is 1.48 bits per heavy atom. The topological polar surface area (TPSA) is 75.8 Å². The van der Waals surface area contributed by atoms with Crippen LogP contribution in [0.3, 0.4) is 0 Å². The van der Waals surface area contributed by atoms with Gasteiger partial charge in [-0.2, -0.15) is 4.40 Å². The van der Waals surface area contributed by atoms with Crippen molar-refractivity contribution in [1.82, 2.24) is 0 Å². The van der Waals surface area contributed by atoms with E-state index >= 15 is 0 Å². The van der Waals surface area contributed by atoms with Crippen LogP contribution in [0.1, 0.15) is 18.9 Å². The maximum absolute atomic E-state index is 12.6. The molecule has 1 heterocycles. The van der Waals surface area contributed by atoms with E-state index in [1.807, 2.05) is 6.07 Å². The maximum atomic E-state index is 12.6. The fourth-order valence-corrected chi connectivity index (χ4v) is 4.22. The van der Waals surface area contributed by atoms with E-state index in [0.29, 0.717) is 22.3 Å². The zero-order chi connectivity index (χ0) is 18.6. The van der Waals surface area contributed by atoms with E-state index in [1.165, 1.54) is 6.92 Å². The van der Waals surface area contributed by atoms with Crippen molar-refractivity contribution in [3.63, 3.8) is 0 Å². The Balaban J connectivity index is 2.31. The first kappa shape index (κ1) is 19.3. The molecule has 1 aromatic carbocycles. The van der Waals surface area contributed by atoms with E-state index in [4.69, 9.17) is 5.73 Å². The summed E-state index contributed by atoms with van der Waals surface area (Å²) in [5.41, 5.74) is 8.58. The van der Waals surface area contributed by atoms with Gasteiger partial charge in [0, 0.05) is 30.0 Å². The zero-order valence-electron chi connectivity index (χ0n) is 14.0. The Labute approximate surface area is 158 Å². The number of hydrogen-bond donors (Lipinski definition) is 1. The lowest BCUT2D eigenvalue weighted by molar-refractivity contribution is -0.116. The van der Waals surface area contributed by atoms with Crippen LogP contribution >= 0.6 is 15.9 Å². The van der Waals surface area contributed by atoms with Gasteiger partial charge in [-0.15, -0.1) is 0 Å². The van der Waals surface area contributed by atoms with Crippen LogP contribution in [0.2, 0.25) is 0 Å². The van der Waals surface area contributed by atoms with Gasteiger partial charge >= 0.3 is 0 Å². The molecule has 1 atom stereocenters. The fraction of sp³-hybridized carbons (Fsp3) is 0.222. The van der Waals surface area contributed by atoms with Crippen molar-refractivity contribution in [2.24, 2.45) is 10.1 Å². The van der Waals surface area contributed by atoms with Gasteiger partial charge in [0.05, 0.1) is 4.90 Å². The summed E-state index contributed by atoms with van der Waals surface area (Å²) < 4.78 is 17.4. The number of benzene rings is 1. The predicted molar refractivity (Wildman–Crippen MR) is 107 cm³/mol. The molecule has 1 unspecified atom stereocenters. The Morgan fingerprint density at radius 3 is 2.80 bits per heavy atom. The number of carbonyl (C=O) groups excluding carboxylic acids is 1. The first-order chi connectivity index (χ1) is 11.9. The highest BCUT2D eigenvalue weighted by molar-refractivity contribution is 9.10. The van der Waals surface area contributed by atoms with E-state index in [9.17, 15) is 9.00 Å². The van der Waals surface area contributed by atoms with Gasteiger partial charge in [0.2, 0.25) is 5.91 Å². The van der Waals surface area contributed by atoms with E-state index < -0.39 is 11.0 Å². The van der Waals surface area contributed by atoms with Crippen LogP contribution in [0.25, 0.3) is 0 Å². The Bertz CT molecular complexity index is 815. The summed E-state index contributed by atoms with van der Waals surface area (Å²) in [5.74, 6) is 0.202. The number of carbonyl (C=O) groups is 1. The molecule has 1 aromatic rings. The number of amidine groups is 1. The molecule has 0 aromatic heterocycles. The standard InChI is InChI=1S/C18H20BrN3O2S/c1-4-6-13(5-2)9-18(20)21-25(24)17-11-16-14(10-15(17)19)7-8-22(16)12(3)23/h4-6,10-11H,1-2,7-9H2,3H3,(H2,20,21)/b13-6+. The monoisotopic (exact) mass is 421 g/mol. The molecule has 25 heavy (non-hydrogen) atoms. The molecule has 1 aliphatic heterocycles. The van der Waals surface area contributed by atoms with Gasteiger partial charge in [-0.05, 0) is 45.6 Å². The molecule has 5 nitrogen and oxygen atoms in total. The van der Waals surface area contributed by atoms with Crippen LogP contribution in [0.15, 0.2) is 62.9 Å². The number of allylic oxidation sites excluding steroid dienone is 3. The van der Waals surface area contributed by atoms with Crippen LogP contribution in [0.4, 0.5) is 5.69 Å². The normalized spacial score (nSPS) is 15.7. The van der Waals surface area contributed by atoms with Gasteiger partial charge in [-0.3, -0.25) is 4.79 Å². The lowest BCUT2D eigenvalue weighted by Gasteiger charge is -2.15. The summed E-state index contributed by atoms with van der Waals surface area (Å²) in [6.07, 6.45) is 6.18. The minimum atomic E-state index is -1.68. The third-order valence-electron chi connectivity index (χ3n) is 3.78. The predicted octanol–water partition coefficient (Wildman–Crippen LogP) is 3.43. The molecule has 0 saturated heterocycles. The Kier molecular flexibility index (Phi) is 6.50. The van der Waals surface area contributed by atoms with E-state index in [-0.39, 0.29) is 11.7 Å². The molecule has 0 fully saturated rings. The third-order valence-corrected chi connectivity index (χ3v) is 5.81. The van der Waals surface area contributed by atoms with Gasteiger partial charge < -0.3 is 10.6 Å². The number of nitrogens with zero attached hydrogens (tertiary/aromatic N) is 2. The molecule has 0 spiro atoms. The highest BCUT2D eigenvalue weighted by Gasteiger charge is 2.25. The molecule has 2 N–H and O–H groups in total. The van der Waals surface area contributed by atoms with Crippen molar-refractivity contribution in [3.05, 3.63) is 59.1 Å². The first-order valence-electron chi connectivity index (χ1n) is 7.66. The van der Waals surface area contributed by atoms with Crippen LogP contribution in [0.5, 0.6) is 0 Å². The summed E-state index contributed by atoms with van der Waals surface area (Å²) in [6, 6.07) is 3.64. The maximum Gasteiger partial charge on any atom is 0.223 e. The van der Waals surface area contributed by atoms with Crippen molar-refractivity contribution < 1.29 is 9.00 Å². The molecule has 0 bridgehead atoms. The number of nitrogens with two attached hydrogens (primary N) is 1. The van der Waals surface area contributed by atoms with Gasteiger partial charge in [-0.1, -0.05) is 31.4 Å². The molecule has 0 radical (unpaired) electrons. The van der Waals surface area contributed by atoms with Gasteiger partial charge in [0.25, 0.3) is 0 Å². The molecule has 0 saturated carbocycles. The van der Waals surface area contributed by atoms with Crippen LogP contribution in [0, 0.1) is 0 Å². The summed E-state index contributed by atoms with van der Waals surface area (Å²) >= 11 is 3.44. The Hall–Kier alpha value is -1.99. The highest BCUT2D eigenvalue weighted by atomic mass is 79.9. The number of anilines is 1. The SMILES string of the molecule is C=C/C=C(\C=C)C/C(N)=N/S(=O)c1cc2c(cc1Br)CCN2C(C)=O. The average Bonchev–Trinajstić information content (AvgIpc) is 2.96. The number of halogens is 1. The number of amides is 1. The summed E-state index contributed by atoms with van der Waals surface area (Å²) in [4.78, 5) is 13.9. The van der Waals surface area contributed by atoms with Crippen molar-refractivity contribution >= 4 is 44.3 Å². The molecule has 1 amide bonds. The number of rotatable bonds is 6. The fourth-order valence-electron chi connectivity index (χ4n) is 2.60. The minimum absolute atomic E-state index is 0.0361. The summed E-state index contributed by atoms with van der Waals surface area (Å²) in [7, 11) is -1.68. The van der Waals surface area contributed by atoms with Crippen molar-refractivity contribution in [2.45, 2.75) is 24.7 Å². The lowest BCUT2D eigenvalue weighted by atomic mass is 10.1. The van der Waals surface area contributed by atoms with E-state index in [1.54, 1.807) is 29.2 Å². The number of fused-ring (bicyclic) bond motifs is 1. The molecule has 0 aliphatic carbocycles. The van der Waals surface area contributed by atoms with E-state index in [2.05, 4.69) is 33.5 Å². The van der Waals surface area contributed by atoms with Crippen molar-refractivity contribution in [3.8, 4) is 0 Å². The van der Waals surface area contributed by atoms with Crippen LogP contribution in [-0.2, 0) is 22.2 Å². The Morgan fingerprint density at radius 2 is 2.20 bits per heavy atom. The molecule has 132 valence electrons. The second kappa shape index (κ2) is 8.40. The third kappa shape index (κ3) is 4.55. The molecule has 7 heteroatoms. The number of hydrogen-bond acceptors (Lipinski definition) is 2. The summed E-state index contributed by atoms with van der Waals surface area (Å²) in [6.45, 7) is 9.48.